The van der Waals surface area contributed by atoms with Crippen LogP contribution in [0.5, 0.6) is 5.75 Å². The maximum Gasteiger partial charge on any atom is 0.200 e. The van der Waals surface area contributed by atoms with Crippen molar-refractivity contribution in [3.05, 3.63) is 82.5 Å². The van der Waals surface area contributed by atoms with Gasteiger partial charge >= 0.3 is 0 Å². The first-order valence-corrected chi connectivity index (χ1v) is 7.87. The molecule has 0 N–H and O–H groups in total. The number of aromatic nitrogens is 1. The van der Waals surface area contributed by atoms with Crippen LogP contribution in [0.15, 0.2) is 74.6 Å². The highest BCUT2D eigenvalue weighted by atomic mass is 16.5. The monoisotopic (exact) mass is 333 g/mol. The van der Waals surface area contributed by atoms with Gasteiger partial charge in [-0.3, -0.25) is 4.79 Å². The second-order valence-corrected chi connectivity index (χ2v) is 5.72. The molecule has 5 heteroatoms. The Bertz CT molecular complexity index is 1080. The smallest absolute Gasteiger partial charge is 0.200 e. The summed E-state index contributed by atoms with van der Waals surface area (Å²) < 4.78 is 16.3. The van der Waals surface area contributed by atoms with Gasteiger partial charge in [-0.1, -0.05) is 35.5 Å². The zero-order valence-corrected chi connectivity index (χ0v) is 13.6. The average molecular weight is 333 g/mol. The Morgan fingerprint density at radius 1 is 1.08 bits per heavy atom. The van der Waals surface area contributed by atoms with Gasteiger partial charge in [-0.15, -0.1) is 0 Å². The van der Waals surface area contributed by atoms with Gasteiger partial charge in [-0.25, -0.2) is 0 Å². The minimum atomic E-state index is -0.0638. The molecule has 4 rings (SSSR count). The van der Waals surface area contributed by atoms with Crippen molar-refractivity contribution in [2.24, 2.45) is 0 Å². The Hall–Kier alpha value is -3.34. The molecule has 0 fully saturated rings. The Balaban J connectivity index is 1.64. The van der Waals surface area contributed by atoms with E-state index >= 15 is 0 Å². The SMILES string of the molecule is Cc1cc(COc2ccc3c(=O)c(-c4ccccc4)coc3c2)no1. The largest absolute Gasteiger partial charge is 0.487 e. The number of aryl methyl sites for hydroxylation is 1. The summed E-state index contributed by atoms with van der Waals surface area (Å²) in [6, 6.07) is 16.4. The molecule has 0 bridgehead atoms. The number of nitrogens with zero attached hydrogens (tertiary/aromatic N) is 1. The molecule has 0 aliphatic rings. The van der Waals surface area contributed by atoms with Crippen LogP contribution < -0.4 is 10.2 Å². The average Bonchev–Trinajstić information content (AvgIpc) is 3.06. The summed E-state index contributed by atoms with van der Waals surface area (Å²) in [5, 5.41) is 4.40. The molecule has 5 nitrogen and oxygen atoms in total. The molecule has 0 saturated carbocycles. The quantitative estimate of drug-likeness (QED) is 0.556. The van der Waals surface area contributed by atoms with Gasteiger partial charge in [-0.2, -0.15) is 0 Å². The first kappa shape index (κ1) is 15.2. The minimum absolute atomic E-state index is 0.0638. The van der Waals surface area contributed by atoms with Gasteiger partial charge in [0.1, 0.15) is 35.7 Å². The number of fused-ring (bicyclic) bond motifs is 1. The first-order valence-electron chi connectivity index (χ1n) is 7.87. The van der Waals surface area contributed by atoms with Gasteiger partial charge in [0.2, 0.25) is 0 Å². The summed E-state index contributed by atoms with van der Waals surface area (Å²) in [7, 11) is 0. The zero-order valence-electron chi connectivity index (χ0n) is 13.6. The van der Waals surface area contributed by atoms with Crippen molar-refractivity contribution in [3.63, 3.8) is 0 Å². The van der Waals surface area contributed by atoms with E-state index < -0.39 is 0 Å². The van der Waals surface area contributed by atoms with Crippen LogP contribution in [0.25, 0.3) is 22.1 Å². The highest BCUT2D eigenvalue weighted by molar-refractivity contribution is 5.82. The Kier molecular flexibility index (Phi) is 3.82. The minimum Gasteiger partial charge on any atom is -0.487 e. The Morgan fingerprint density at radius 3 is 2.68 bits per heavy atom. The molecule has 25 heavy (non-hydrogen) atoms. The van der Waals surface area contributed by atoms with Gasteiger partial charge in [0.25, 0.3) is 0 Å². The van der Waals surface area contributed by atoms with Gasteiger partial charge in [-0.05, 0) is 24.6 Å². The van der Waals surface area contributed by atoms with Gasteiger partial charge in [0.05, 0.1) is 10.9 Å². The summed E-state index contributed by atoms with van der Waals surface area (Å²) in [5.74, 6) is 1.33. The highest BCUT2D eigenvalue weighted by Gasteiger charge is 2.10. The van der Waals surface area contributed by atoms with Crippen LogP contribution in [0.1, 0.15) is 11.5 Å². The molecule has 2 aromatic carbocycles. The number of ether oxygens (including phenoxy) is 1. The normalized spacial score (nSPS) is 10.9. The second-order valence-electron chi connectivity index (χ2n) is 5.72. The first-order chi connectivity index (χ1) is 12.2. The molecule has 2 heterocycles. The van der Waals surface area contributed by atoms with E-state index in [2.05, 4.69) is 5.16 Å². The molecule has 4 aromatic rings. The number of rotatable bonds is 4. The summed E-state index contributed by atoms with van der Waals surface area (Å²) in [5.41, 5.74) is 2.50. The fourth-order valence-corrected chi connectivity index (χ4v) is 2.66. The zero-order chi connectivity index (χ0) is 17.2. The fourth-order valence-electron chi connectivity index (χ4n) is 2.66. The number of hydrogen-bond donors (Lipinski definition) is 0. The molecule has 0 radical (unpaired) electrons. The molecule has 2 aromatic heterocycles. The number of hydrogen-bond acceptors (Lipinski definition) is 5. The summed E-state index contributed by atoms with van der Waals surface area (Å²) >= 11 is 0. The van der Waals surface area contributed by atoms with E-state index in [1.54, 1.807) is 18.2 Å². The van der Waals surface area contributed by atoms with Crippen LogP contribution >= 0.6 is 0 Å². The molecule has 0 aliphatic carbocycles. The van der Waals surface area contributed by atoms with Crippen molar-refractivity contribution in [2.45, 2.75) is 13.5 Å². The predicted octanol–water partition coefficient (Wildman–Crippen LogP) is 4.34. The maximum absolute atomic E-state index is 12.7. The summed E-state index contributed by atoms with van der Waals surface area (Å²) in [6.45, 7) is 2.11. The van der Waals surface area contributed by atoms with Crippen LogP contribution in [0.2, 0.25) is 0 Å². The van der Waals surface area contributed by atoms with Crippen LogP contribution in [0, 0.1) is 6.92 Å². The Morgan fingerprint density at radius 2 is 1.92 bits per heavy atom. The molecule has 0 saturated heterocycles. The van der Waals surface area contributed by atoms with Gasteiger partial charge < -0.3 is 13.7 Å². The van der Waals surface area contributed by atoms with Crippen LogP contribution in [0.3, 0.4) is 0 Å². The molecule has 0 aliphatic heterocycles. The lowest BCUT2D eigenvalue weighted by atomic mass is 10.1. The molecular weight excluding hydrogens is 318 g/mol. The van der Waals surface area contributed by atoms with Crippen molar-refractivity contribution in [3.8, 4) is 16.9 Å². The number of benzene rings is 2. The van der Waals surface area contributed by atoms with Crippen LogP contribution in [-0.4, -0.2) is 5.16 Å². The lowest BCUT2D eigenvalue weighted by Gasteiger charge is -2.06. The van der Waals surface area contributed by atoms with E-state index in [0.29, 0.717) is 28.0 Å². The van der Waals surface area contributed by atoms with Crippen LogP contribution in [-0.2, 0) is 6.61 Å². The standard InChI is InChI=1S/C20H15NO4/c1-13-9-15(21-25-13)11-23-16-7-8-17-19(10-16)24-12-18(20(17)22)14-5-3-2-4-6-14/h2-10,12H,11H2,1H3. The maximum atomic E-state index is 12.7. The molecule has 124 valence electrons. The third-order valence-corrected chi connectivity index (χ3v) is 3.89. The van der Waals surface area contributed by atoms with E-state index in [1.807, 2.05) is 43.3 Å². The molecule has 0 spiro atoms. The van der Waals surface area contributed by atoms with E-state index in [0.717, 1.165) is 11.3 Å². The molecule has 0 unspecified atom stereocenters. The Labute approximate surface area is 143 Å². The lowest BCUT2D eigenvalue weighted by Crippen LogP contribution is -2.05. The summed E-state index contributed by atoms with van der Waals surface area (Å²) in [4.78, 5) is 12.7. The van der Waals surface area contributed by atoms with E-state index in [-0.39, 0.29) is 12.0 Å². The highest BCUT2D eigenvalue weighted by Crippen LogP contribution is 2.23. The third-order valence-electron chi connectivity index (χ3n) is 3.89. The van der Waals surface area contributed by atoms with Crippen molar-refractivity contribution in [1.29, 1.82) is 0 Å². The van der Waals surface area contributed by atoms with Crippen LogP contribution in [0.4, 0.5) is 0 Å². The van der Waals surface area contributed by atoms with Gasteiger partial charge in [0.15, 0.2) is 5.43 Å². The van der Waals surface area contributed by atoms with E-state index in [1.165, 1.54) is 6.26 Å². The second kappa shape index (κ2) is 6.28. The molecule has 0 amide bonds. The van der Waals surface area contributed by atoms with Crippen molar-refractivity contribution in [2.75, 3.05) is 0 Å². The summed E-state index contributed by atoms with van der Waals surface area (Å²) in [6.07, 6.45) is 1.49. The van der Waals surface area contributed by atoms with E-state index in [4.69, 9.17) is 13.7 Å². The van der Waals surface area contributed by atoms with Crippen molar-refractivity contribution in [1.82, 2.24) is 5.16 Å². The predicted molar refractivity (Wildman–Crippen MR) is 93.5 cm³/mol. The molecular formula is C20H15NO4. The van der Waals surface area contributed by atoms with Gasteiger partial charge in [0, 0.05) is 12.1 Å². The van der Waals surface area contributed by atoms with Crippen molar-refractivity contribution >= 4 is 11.0 Å². The fraction of sp³-hybridized carbons (Fsp3) is 0.100. The molecule has 0 atom stereocenters. The third kappa shape index (κ3) is 3.04. The lowest BCUT2D eigenvalue weighted by molar-refractivity contribution is 0.288. The van der Waals surface area contributed by atoms with Crippen molar-refractivity contribution < 1.29 is 13.7 Å². The topological polar surface area (TPSA) is 65.5 Å². The van der Waals surface area contributed by atoms with E-state index in [9.17, 15) is 4.79 Å².